The summed E-state index contributed by atoms with van der Waals surface area (Å²) in [5.41, 5.74) is 5.68. The Hall–Kier alpha value is -3.08. The molecule has 1 atom stereocenters. The van der Waals surface area contributed by atoms with E-state index in [2.05, 4.69) is 5.32 Å². The van der Waals surface area contributed by atoms with Crippen molar-refractivity contribution in [2.24, 2.45) is 5.73 Å². The number of primary amides is 1. The summed E-state index contributed by atoms with van der Waals surface area (Å²) in [5.74, 6) is -1.79. The van der Waals surface area contributed by atoms with Crippen molar-refractivity contribution in [3.63, 3.8) is 0 Å². The highest BCUT2D eigenvalue weighted by Gasteiger charge is 2.34. The molecule has 2 aromatic heterocycles. The molecule has 1 aromatic carbocycles. The fourth-order valence-corrected chi connectivity index (χ4v) is 4.49. The molecule has 1 aliphatic rings. The van der Waals surface area contributed by atoms with Gasteiger partial charge in [-0.2, -0.15) is 0 Å². The summed E-state index contributed by atoms with van der Waals surface area (Å²) >= 11 is 13.0. The van der Waals surface area contributed by atoms with Gasteiger partial charge in [-0.3, -0.25) is 19.1 Å². The van der Waals surface area contributed by atoms with E-state index in [9.17, 15) is 18.8 Å². The molecule has 0 aliphatic carbocycles. The molecule has 4 rings (SSSR count). The van der Waals surface area contributed by atoms with Gasteiger partial charge in [0.05, 0.1) is 33.7 Å². The second-order valence-electron chi connectivity index (χ2n) is 6.81. The molecule has 0 unspecified atom stereocenters. The number of anilines is 1. The van der Waals surface area contributed by atoms with Crippen molar-refractivity contribution < 1.29 is 23.5 Å². The molecule has 3 aromatic rings. The highest BCUT2D eigenvalue weighted by Crippen LogP contribution is 2.29. The van der Waals surface area contributed by atoms with E-state index in [4.69, 9.17) is 33.7 Å². The van der Waals surface area contributed by atoms with Gasteiger partial charge in [0, 0.05) is 6.07 Å². The predicted octanol–water partition coefficient (Wildman–Crippen LogP) is 3.84. The van der Waals surface area contributed by atoms with Gasteiger partial charge >= 0.3 is 6.09 Å². The number of rotatable bonds is 6. The van der Waals surface area contributed by atoms with Crippen LogP contribution in [0.5, 0.6) is 0 Å². The Morgan fingerprint density at radius 1 is 1.22 bits per heavy atom. The Morgan fingerprint density at radius 3 is 2.66 bits per heavy atom. The van der Waals surface area contributed by atoms with Crippen LogP contribution < -0.4 is 16.0 Å². The summed E-state index contributed by atoms with van der Waals surface area (Å²) in [4.78, 5) is 37.6. The van der Waals surface area contributed by atoms with Crippen LogP contribution in [0.2, 0.25) is 9.49 Å². The number of thiophene rings is 1. The molecule has 1 fully saturated rings. The third-order valence-corrected chi connectivity index (χ3v) is 6.25. The lowest BCUT2D eigenvalue weighted by molar-refractivity contribution is 0.0919. The Labute approximate surface area is 195 Å². The van der Waals surface area contributed by atoms with E-state index in [-0.39, 0.29) is 41.2 Å². The summed E-state index contributed by atoms with van der Waals surface area (Å²) in [5, 5.41) is 2.84. The zero-order chi connectivity index (χ0) is 23.0. The van der Waals surface area contributed by atoms with Gasteiger partial charge in [-0.05, 0) is 36.4 Å². The minimum Gasteiger partial charge on any atom is -0.442 e. The van der Waals surface area contributed by atoms with Gasteiger partial charge < -0.3 is 15.8 Å². The van der Waals surface area contributed by atoms with E-state index in [1.807, 2.05) is 0 Å². The van der Waals surface area contributed by atoms with E-state index >= 15 is 0 Å². The SMILES string of the molecule is NC(=O)c1ccc(Cl)n1-c1ccc(N2C[C@H](CNC(=O)c3ccc(Cl)s3)OC2=O)c(F)c1. The van der Waals surface area contributed by atoms with E-state index in [0.717, 1.165) is 22.3 Å². The standard InChI is InChI=1S/C20H15Cl2FN4O4S/c21-16-5-3-14(18(24)28)27(16)10-1-2-13(12(23)7-10)26-9-11(31-20(26)30)8-25-19(29)15-4-6-17(22)32-15/h1-7,11H,8-9H2,(H2,24,28)(H,25,29)/t11-/m0/s1. The van der Waals surface area contributed by atoms with Crippen LogP contribution >= 0.6 is 34.5 Å². The maximum absolute atomic E-state index is 14.9. The van der Waals surface area contributed by atoms with Crippen LogP contribution in [-0.2, 0) is 4.74 Å². The lowest BCUT2D eigenvalue weighted by Crippen LogP contribution is -2.34. The van der Waals surface area contributed by atoms with Crippen molar-refractivity contribution in [2.75, 3.05) is 18.0 Å². The number of nitrogens with one attached hydrogen (secondary N) is 1. The van der Waals surface area contributed by atoms with Gasteiger partial charge in [0.25, 0.3) is 11.8 Å². The quantitative estimate of drug-likeness (QED) is 0.540. The monoisotopic (exact) mass is 496 g/mol. The van der Waals surface area contributed by atoms with Crippen LogP contribution in [0.15, 0.2) is 42.5 Å². The highest BCUT2D eigenvalue weighted by molar-refractivity contribution is 7.18. The molecule has 3 N–H and O–H groups in total. The number of nitrogens with zero attached hydrogens (tertiary/aromatic N) is 2. The number of carbonyl (C=O) groups is 3. The third kappa shape index (κ3) is 4.29. The van der Waals surface area contributed by atoms with Crippen molar-refractivity contribution in [2.45, 2.75) is 6.10 Å². The van der Waals surface area contributed by atoms with Crippen LogP contribution in [0.1, 0.15) is 20.2 Å². The first-order chi connectivity index (χ1) is 15.2. The number of ether oxygens (including phenoxy) is 1. The number of hydrogen-bond acceptors (Lipinski definition) is 5. The number of aromatic nitrogens is 1. The maximum atomic E-state index is 14.9. The topological polar surface area (TPSA) is 107 Å². The van der Waals surface area contributed by atoms with Crippen molar-refractivity contribution in [1.29, 1.82) is 0 Å². The first-order valence-corrected chi connectivity index (χ1v) is 10.8. The van der Waals surface area contributed by atoms with Crippen LogP contribution in [0.3, 0.4) is 0 Å². The van der Waals surface area contributed by atoms with Gasteiger partial charge in [-0.1, -0.05) is 23.2 Å². The second-order valence-corrected chi connectivity index (χ2v) is 8.91. The van der Waals surface area contributed by atoms with Gasteiger partial charge in [0.2, 0.25) is 0 Å². The Kier molecular flexibility index (Phi) is 6.09. The molecule has 32 heavy (non-hydrogen) atoms. The predicted molar refractivity (Wildman–Crippen MR) is 119 cm³/mol. The fourth-order valence-electron chi connectivity index (χ4n) is 3.27. The largest absolute Gasteiger partial charge is 0.442 e. The summed E-state index contributed by atoms with van der Waals surface area (Å²) < 4.78 is 21.9. The molecule has 12 heteroatoms. The summed E-state index contributed by atoms with van der Waals surface area (Å²) in [6.07, 6.45) is -1.41. The average Bonchev–Trinajstić information content (AvgIpc) is 3.44. The van der Waals surface area contributed by atoms with Crippen LogP contribution in [0.4, 0.5) is 14.9 Å². The molecule has 8 nitrogen and oxygen atoms in total. The van der Waals surface area contributed by atoms with E-state index < -0.39 is 23.9 Å². The highest BCUT2D eigenvalue weighted by atomic mass is 35.5. The Morgan fingerprint density at radius 2 is 2.00 bits per heavy atom. The number of carbonyl (C=O) groups excluding carboxylic acids is 3. The third-order valence-electron chi connectivity index (χ3n) is 4.73. The molecular weight excluding hydrogens is 482 g/mol. The van der Waals surface area contributed by atoms with Crippen molar-refractivity contribution >= 4 is 58.1 Å². The molecule has 1 saturated heterocycles. The van der Waals surface area contributed by atoms with Crippen LogP contribution in [0, 0.1) is 5.82 Å². The minimum atomic E-state index is -0.744. The lowest BCUT2D eigenvalue weighted by Gasteiger charge is -2.16. The molecule has 166 valence electrons. The fraction of sp³-hybridized carbons (Fsp3) is 0.150. The Bertz CT molecular complexity index is 1230. The lowest BCUT2D eigenvalue weighted by atomic mass is 10.2. The zero-order valence-corrected chi connectivity index (χ0v) is 18.5. The number of cyclic esters (lactones) is 1. The average molecular weight is 497 g/mol. The number of amides is 3. The molecule has 1 aliphatic heterocycles. The van der Waals surface area contributed by atoms with Crippen LogP contribution in [-0.4, -0.2) is 41.7 Å². The molecular formula is C20H15Cl2FN4O4S. The summed E-state index contributed by atoms with van der Waals surface area (Å²) in [7, 11) is 0. The van der Waals surface area contributed by atoms with Crippen LogP contribution in [0.25, 0.3) is 5.69 Å². The molecule has 3 amide bonds. The van der Waals surface area contributed by atoms with Gasteiger partial charge in [0.15, 0.2) is 0 Å². The zero-order valence-electron chi connectivity index (χ0n) is 16.2. The second kappa shape index (κ2) is 8.81. The van der Waals surface area contributed by atoms with Gasteiger partial charge in [0.1, 0.15) is 22.8 Å². The normalized spacial score (nSPS) is 15.7. The first kappa shape index (κ1) is 22.1. The number of nitrogens with two attached hydrogens (primary N) is 1. The molecule has 0 radical (unpaired) electrons. The summed E-state index contributed by atoms with van der Waals surface area (Å²) in [6.45, 7) is 0.0919. The Balaban J connectivity index is 1.47. The smallest absolute Gasteiger partial charge is 0.414 e. The van der Waals surface area contributed by atoms with E-state index in [0.29, 0.717) is 9.21 Å². The molecule has 0 spiro atoms. The van der Waals surface area contributed by atoms with E-state index in [1.54, 1.807) is 12.1 Å². The van der Waals surface area contributed by atoms with Gasteiger partial charge in [-0.25, -0.2) is 9.18 Å². The molecule has 3 heterocycles. The van der Waals surface area contributed by atoms with Crippen molar-refractivity contribution in [1.82, 2.24) is 9.88 Å². The maximum Gasteiger partial charge on any atom is 0.414 e. The number of halogens is 3. The van der Waals surface area contributed by atoms with Crippen molar-refractivity contribution in [3.8, 4) is 5.69 Å². The molecule has 0 bridgehead atoms. The summed E-state index contributed by atoms with van der Waals surface area (Å²) in [6, 6.07) is 10.1. The van der Waals surface area contributed by atoms with Gasteiger partial charge in [-0.15, -0.1) is 11.3 Å². The number of benzene rings is 1. The van der Waals surface area contributed by atoms with Crippen molar-refractivity contribution in [3.05, 3.63) is 68.3 Å². The molecule has 0 saturated carbocycles. The minimum absolute atomic E-state index is 0.0125. The first-order valence-electron chi connectivity index (χ1n) is 9.23. The van der Waals surface area contributed by atoms with E-state index in [1.165, 1.54) is 28.8 Å². The number of hydrogen-bond donors (Lipinski definition) is 2.